The van der Waals surface area contributed by atoms with E-state index in [1.54, 1.807) is 0 Å². The van der Waals surface area contributed by atoms with Crippen molar-refractivity contribution in [3.05, 3.63) is 46.3 Å². The smallest absolute Gasteiger partial charge is 0.354 e. The van der Waals surface area contributed by atoms with Crippen LogP contribution in [0.3, 0.4) is 0 Å². The van der Waals surface area contributed by atoms with Gasteiger partial charge in [-0.15, -0.1) is 0 Å². The minimum Gasteiger partial charge on any atom is -0.487 e. The van der Waals surface area contributed by atoms with Crippen LogP contribution in [0, 0.1) is 10.1 Å². The molecular weight excluding hydrogens is 370 g/mol. The molecule has 0 saturated carbocycles. The number of aromatic carboxylic acids is 1. The third-order valence-electron chi connectivity index (χ3n) is 3.25. The number of aryl methyl sites for hydroxylation is 1. The first-order valence-corrected chi connectivity index (χ1v) is 7.51. The molecule has 0 fully saturated rings. The van der Waals surface area contributed by atoms with Crippen LogP contribution in [0.2, 0.25) is 0 Å². The highest BCUT2D eigenvalue weighted by Crippen LogP contribution is 2.26. The molecule has 1 aromatic carbocycles. The van der Waals surface area contributed by atoms with Crippen LogP contribution in [-0.2, 0) is 11.3 Å². The number of nitro benzene ring substituents is 1. The lowest BCUT2D eigenvalue weighted by molar-refractivity contribution is -0.384. The third-order valence-corrected chi connectivity index (χ3v) is 3.25. The molecule has 12 heteroatoms. The van der Waals surface area contributed by atoms with Gasteiger partial charge < -0.3 is 15.2 Å². The Kier molecular flexibility index (Phi) is 6.36. The summed E-state index contributed by atoms with van der Waals surface area (Å²) in [7, 11) is 0. The SMILES string of the molecule is O=C(CCn1nccc1C(=O)O)Nc1cc(OCC(F)F)cc([N+](=O)[O-])c1. The molecule has 0 radical (unpaired) electrons. The van der Waals surface area contributed by atoms with Gasteiger partial charge in [-0.3, -0.25) is 19.6 Å². The highest BCUT2D eigenvalue weighted by atomic mass is 19.3. The van der Waals surface area contributed by atoms with Gasteiger partial charge in [0.05, 0.1) is 23.2 Å². The Bertz CT molecular complexity index is 855. The zero-order valence-corrected chi connectivity index (χ0v) is 13.7. The van der Waals surface area contributed by atoms with Gasteiger partial charge >= 0.3 is 5.97 Å². The molecule has 1 heterocycles. The first-order chi connectivity index (χ1) is 12.8. The lowest BCUT2D eigenvalue weighted by atomic mass is 10.2. The summed E-state index contributed by atoms with van der Waals surface area (Å²) in [6.07, 6.45) is -1.66. The molecule has 0 aliphatic carbocycles. The van der Waals surface area contributed by atoms with Gasteiger partial charge in [-0.2, -0.15) is 5.10 Å². The number of nitrogens with zero attached hydrogens (tertiary/aromatic N) is 3. The van der Waals surface area contributed by atoms with Crippen LogP contribution in [0.4, 0.5) is 20.2 Å². The zero-order valence-electron chi connectivity index (χ0n) is 13.7. The molecule has 0 atom stereocenters. The van der Waals surface area contributed by atoms with Gasteiger partial charge in [-0.05, 0) is 6.07 Å². The number of carbonyl (C=O) groups is 2. The van der Waals surface area contributed by atoms with Crippen molar-refractivity contribution in [2.45, 2.75) is 19.4 Å². The molecule has 1 amide bonds. The minimum atomic E-state index is -2.76. The van der Waals surface area contributed by atoms with E-state index in [4.69, 9.17) is 9.84 Å². The molecule has 2 N–H and O–H groups in total. The average Bonchev–Trinajstić information content (AvgIpc) is 3.07. The molecule has 2 aromatic rings. The molecule has 0 saturated heterocycles. The van der Waals surface area contributed by atoms with Gasteiger partial charge in [0.25, 0.3) is 12.1 Å². The van der Waals surface area contributed by atoms with E-state index in [-0.39, 0.29) is 30.1 Å². The second kappa shape index (κ2) is 8.69. The van der Waals surface area contributed by atoms with Crippen LogP contribution in [0.1, 0.15) is 16.9 Å². The highest BCUT2D eigenvalue weighted by Gasteiger charge is 2.15. The normalized spacial score (nSPS) is 10.6. The predicted octanol–water partition coefficient (Wildman–Crippen LogP) is 2.16. The average molecular weight is 384 g/mol. The Morgan fingerprint density at radius 1 is 1.37 bits per heavy atom. The summed E-state index contributed by atoms with van der Waals surface area (Å²) in [4.78, 5) is 33.2. The fourth-order valence-corrected chi connectivity index (χ4v) is 2.13. The molecule has 144 valence electrons. The summed E-state index contributed by atoms with van der Waals surface area (Å²) >= 11 is 0. The van der Waals surface area contributed by atoms with Crippen molar-refractivity contribution in [1.82, 2.24) is 9.78 Å². The summed E-state index contributed by atoms with van der Waals surface area (Å²) in [6.45, 7) is -0.990. The van der Waals surface area contributed by atoms with E-state index in [1.165, 1.54) is 18.3 Å². The maximum atomic E-state index is 12.2. The largest absolute Gasteiger partial charge is 0.487 e. The van der Waals surface area contributed by atoms with Gasteiger partial charge in [0, 0.05) is 24.8 Å². The first kappa shape index (κ1) is 19.8. The molecular formula is C15H14F2N4O6. The number of alkyl halides is 2. The van der Waals surface area contributed by atoms with E-state index >= 15 is 0 Å². The van der Waals surface area contributed by atoms with Crippen molar-refractivity contribution in [3.8, 4) is 5.75 Å². The second-order valence-corrected chi connectivity index (χ2v) is 5.22. The Balaban J connectivity index is 2.06. The van der Waals surface area contributed by atoms with E-state index in [0.717, 1.165) is 16.8 Å². The predicted molar refractivity (Wildman–Crippen MR) is 87.0 cm³/mol. The van der Waals surface area contributed by atoms with Crippen LogP contribution in [-0.4, -0.2) is 44.7 Å². The van der Waals surface area contributed by atoms with E-state index in [2.05, 4.69) is 10.4 Å². The van der Waals surface area contributed by atoms with Gasteiger partial charge in [0.15, 0.2) is 0 Å². The van der Waals surface area contributed by atoms with Crippen molar-refractivity contribution < 1.29 is 33.1 Å². The summed E-state index contributed by atoms with van der Waals surface area (Å²) < 4.78 is 30.3. The third kappa shape index (κ3) is 5.73. The molecule has 0 aliphatic rings. The standard InChI is InChI=1S/C15H14F2N4O6/c16-13(17)8-27-11-6-9(5-10(7-11)21(25)26)19-14(22)2-4-20-12(15(23)24)1-3-18-20/h1,3,5-7,13H,2,4,8H2,(H,19,22)(H,23,24). The lowest BCUT2D eigenvalue weighted by Gasteiger charge is -2.10. The molecule has 1 aromatic heterocycles. The number of ether oxygens (including phenoxy) is 1. The van der Waals surface area contributed by atoms with Crippen LogP contribution < -0.4 is 10.1 Å². The number of carboxylic acids is 1. The lowest BCUT2D eigenvalue weighted by Crippen LogP contribution is -2.17. The Morgan fingerprint density at radius 3 is 2.74 bits per heavy atom. The van der Waals surface area contributed by atoms with Crippen LogP contribution in [0.5, 0.6) is 5.75 Å². The van der Waals surface area contributed by atoms with Crippen molar-refractivity contribution in [1.29, 1.82) is 0 Å². The number of aromatic nitrogens is 2. The van der Waals surface area contributed by atoms with Crippen molar-refractivity contribution >= 4 is 23.3 Å². The van der Waals surface area contributed by atoms with Gasteiger partial charge in [-0.1, -0.05) is 0 Å². The number of amides is 1. The Hall–Kier alpha value is -3.57. The van der Waals surface area contributed by atoms with Gasteiger partial charge in [0.1, 0.15) is 18.1 Å². The van der Waals surface area contributed by atoms with Crippen LogP contribution >= 0.6 is 0 Å². The van der Waals surface area contributed by atoms with Crippen molar-refractivity contribution in [2.24, 2.45) is 0 Å². The van der Waals surface area contributed by atoms with Gasteiger partial charge in [-0.25, -0.2) is 13.6 Å². The minimum absolute atomic E-state index is 0.0163. The fraction of sp³-hybridized carbons (Fsp3) is 0.267. The number of rotatable bonds is 9. The number of carbonyl (C=O) groups excluding carboxylic acids is 1. The number of nitrogens with one attached hydrogen (secondary N) is 1. The number of nitro groups is 1. The molecule has 0 spiro atoms. The monoisotopic (exact) mass is 384 g/mol. The molecule has 0 aliphatic heterocycles. The molecule has 2 rings (SSSR count). The number of hydrogen-bond donors (Lipinski definition) is 2. The molecule has 27 heavy (non-hydrogen) atoms. The number of anilines is 1. The number of halogens is 2. The molecule has 0 unspecified atom stereocenters. The van der Waals surface area contributed by atoms with E-state index in [9.17, 15) is 28.5 Å². The van der Waals surface area contributed by atoms with E-state index in [0.29, 0.717) is 0 Å². The van der Waals surface area contributed by atoms with E-state index < -0.39 is 35.5 Å². The Labute approximate surface area is 150 Å². The first-order valence-electron chi connectivity index (χ1n) is 7.51. The highest BCUT2D eigenvalue weighted by molar-refractivity contribution is 5.91. The van der Waals surface area contributed by atoms with Gasteiger partial charge in [0.2, 0.25) is 5.91 Å². The van der Waals surface area contributed by atoms with Crippen LogP contribution in [0.25, 0.3) is 0 Å². The molecule has 0 bridgehead atoms. The number of hydrogen-bond acceptors (Lipinski definition) is 6. The topological polar surface area (TPSA) is 137 Å². The summed E-state index contributed by atoms with van der Waals surface area (Å²) in [5, 5.41) is 26.1. The maximum Gasteiger partial charge on any atom is 0.354 e. The summed E-state index contributed by atoms with van der Waals surface area (Å²) in [5.41, 5.74) is -0.560. The molecule has 10 nitrogen and oxygen atoms in total. The van der Waals surface area contributed by atoms with Crippen molar-refractivity contribution in [2.75, 3.05) is 11.9 Å². The number of carboxylic acid groups (broad SMARTS) is 1. The Morgan fingerprint density at radius 2 is 2.11 bits per heavy atom. The fourth-order valence-electron chi connectivity index (χ4n) is 2.13. The summed E-state index contributed by atoms with van der Waals surface area (Å²) in [6, 6.07) is 4.45. The maximum absolute atomic E-state index is 12.2. The number of non-ortho nitro benzene ring substituents is 1. The van der Waals surface area contributed by atoms with E-state index in [1.807, 2.05) is 0 Å². The summed E-state index contributed by atoms with van der Waals surface area (Å²) in [5.74, 6) is -1.98. The van der Waals surface area contributed by atoms with Crippen molar-refractivity contribution in [3.63, 3.8) is 0 Å². The quantitative estimate of drug-likeness (QED) is 0.499. The van der Waals surface area contributed by atoms with Crippen LogP contribution in [0.15, 0.2) is 30.5 Å². The second-order valence-electron chi connectivity index (χ2n) is 5.22. The number of benzene rings is 1. The zero-order chi connectivity index (χ0) is 20.0.